The van der Waals surface area contributed by atoms with Crippen LogP contribution in [0.3, 0.4) is 0 Å². The van der Waals surface area contributed by atoms with Gasteiger partial charge in [0.05, 0.1) is 11.6 Å². The molecule has 0 unspecified atom stereocenters. The van der Waals surface area contributed by atoms with Gasteiger partial charge in [-0.2, -0.15) is 0 Å². The van der Waals surface area contributed by atoms with E-state index in [2.05, 4.69) is 4.98 Å². The van der Waals surface area contributed by atoms with E-state index in [-0.39, 0.29) is 21.8 Å². The number of aromatic nitrogens is 1. The molecule has 0 spiro atoms. The molecule has 0 saturated heterocycles. The maximum Gasteiger partial charge on any atom is 0.274 e. The second-order valence-electron chi connectivity index (χ2n) is 4.10. The average Bonchev–Trinajstić information content (AvgIpc) is 2.44. The smallest absolute Gasteiger partial charge is 0.274 e. The van der Waals surface area contributed by atoms with E-state index in [0.717, 1.165) is 6.42 Å². The normalized spacial score (nSPS) is 10.6. The number of nitrogens with zero attached hydrogens (tertiary/aromatic N) is 2. The molecule has 1 heterocycles. The summed E-state index contributed by atoms with van der Waals surface area (Å²) in [5.74, 6) is -0.259. The highest BCUT2D eigenvalue weighted by Crippen LogP contribution is 2.18. The molecule has 0 fully saturated rings. The molecular weight excluding hydrogens is 303 g/mol. The van der Waals surface area contributed by atoms with Crippen LogP contribution in [0.4, 0.5) is 0 Å². The predicted octanol–water partition coefficient (Wildman–Crippen LogP) is 2.51. The first-order valence-corrected chi connectivity index (χ1v) is 6.95. The van der Waals surface area contributed by atoms with Crippen molar-refractivity contribution < 1.29 is 14.3 Å². The molecule has 0 aromatic carbocycles. The molecule has 112 valence electrons. The lowest BCUT2D eigenvalue weighted by atomic mass is 10.3. The molecule has 1 amide bonds. The van der Waals surface area contributed by atoms with Crippen molar-refractivity contribution in [2.45, 2.75) is 6.42 Å². The first kappa shape index (κ1) is 17.2. The van der Waals surface area contributed by atoms with Gasteiger partial charge in [-0.1, -0.05) is 23.2 Å². The minimum absolute atomic E-state index is 0.160. The number of ether oxygens (including phenoxy) is 2. The van der Waals surface area contributed by atoms with Crippen molar-refractivity contribution in [2.24, 2.45) is 0 Å². The Hall–Kier alpha value is -0.880. The summed E-state index contributed by atoms with van der Waals surface area (Å²) in [7, 11) is 3.21. The Morgan fingerprint density at radius 2 is 1.90 bits per heavy atom. The van der Waals surface area contributed by atoms with Gasteiger partial charge < -0.3 is 14.4 Å². The summed E-state index contributed by atoms with van der Waals surface area (Å²) in [4.78, 5) is 18.1. The Labute approximate surface area is 128 Å². The molecule has 0 bridgehead atoms. The summed E-state index contributed by atoms with van der Waals surface area (Å²) in [6.45, 7) is 2.02. The van der Waals surface area contributed by atoms with Crippen LogP contribution in [0, 0.1) is 0 Å². The molecule has 0 aliphatic rings. The third-order valence-electron chi connectivity index (χ3n) is 2.64. The van der Waals surface area contributed by atoms with E-state index in [1.807, 2.05) is 0 Å². The topological polar surface area (TPSA) is 51.7 Å². The highest BCUT2D eigenvalue weighted by atomic mass is 35.5. The number of hydrogen-bond acceptors (Lipinski definition) is 4. The van der Waals surface area contributed by atoms with E-state index < -0.39 is 0 Å². The van der Waals surface area contributed by atoms with Gasteiger partial charge in [0, 0.05) is 33.9 Å². The summed E-state index contributed by atoms with van der Waals surface area (Å²) in [5.41, 5.74) is 0.160. The predicted molar refractivity (Wildman–Crippen MR) is 78.5 cm³/mol. The fraction of sp³-hybridized carbons (Fsp3) is 0.538. The first-order chi connectivity index (χ1) is 9.60. The van der Waals surface area contributed by atoms with Gasteiger partial charge >= 0.3 is 0 Å². The third kappa shape index (κ3) is 5.25. The SMILES string of the molecule is COCCCN(CCOC)C(=O)c1nc(Cl)ccc1Cl. The van der Waals surface area contributed by atoms with Crippen molar-refractivity contribution in [2.75, 3.05) is 40.5 Å². The van der Waals surface area contributed by atoms with Crippen molar-refractivity contribution >= 4 is 29.1 Å². The van der Waals surface area contributed by atoms with Crippen LogP contribution in [-0.2, 0) is 9.47 Å². The van der Waals surface area contributed by atoms with Gasteiger partial charge in [-0.15, -0.1) is 0 Å². The number of hydrogen-bond donors (Lipinski definition) is 0. The molecule has 7 heteroatoms. The van der Waals surface area contributed by atoms with E-state index in [9.17, 15) is 4.79 Å². The van der Waals surface area contributed by atoms with Gasteiger partial charge in [-0.05, 0) is 18.6 Å². The Bertz CT molecular complexity index is 444. The van der Waals surface area contributed by atoms with E-state index >= 15 is 0 Å². The molecule has 0 N–H and O–H groups in total. The molecule has 5 nitrogen and oxygen atoms in total. The number of methoxy groups -OCH3 is 2. The van der Waals surface area contributed by atoms with Crippen LogP contribution >= 0.6 is 23.2 Å². The first-order valence-electron chi connectivity index (χ1n) is 6.19. The van der Waals surface area contributed by atoms with Crippen molar-refractivity contribution in [3.05, 3.63) is 28.0 Å². The zero-order valence-electron chi connectivity index (χ0n) is 11.6. The van der Waals surface area contributed by atoms with Gasteiger partial charge in [-0.3, -0.25) is 4.79 Å². The fourth-order valence-electron chi connectivity index (χ4n) is 1.63. The molecular formula is C13H18Cl2N2O3. The second kappa shape index (κ2) is 9.13. The fourth-order valence-corrected chi connectivity index (χ4v) is 1.97. The van der Waals surface area contributed by atoms with Crippen LogP contribution in [0.5, 0.6) is 0 Å². The number of carbonyl (C=O) groups is 1. The van der Waals surface area contributed by atoms with Gasteiger partial charge in [0.2, 0.25) is 0 Å². The lowest BCUT2D eigenvalue weighted by Crippen LogP contribution is -2.36. The lowest BCUT2D eigenvalue weighted by molar-refractivity contribution is 0.0668. The quantitative estimate of drug-likeness (QED) is 0.545. The van der Waals surface area contributed by atoms with Crippen LogP contribution in [0.2, 0.25) is 10.2 Å². The number of carbonyl (C=O) groups excluding carboxylic acids is 1. The van der Waals surface area contributed by atoms with Crippen molar-refractivity contribution in [3.63, 3.8) is 0 Å². The van der Waals surface area contributed by atoms with Crippen molar-refractivity contribution in [3.8, 4) is 0 Å². The molecule has 1 aromatic heterocycles. The van der Waals surface area contributed by atoms with Gasteiger partial charge in [0.25, 0.3) is 5.91 Å². The van der Waals surface area contributed by atoms with Crippen LogP contribution in [0.15, 0.2) is 12.1 Å². The number of halogens is 2. The minimum Gasteiger partial charge on any atom is -0.385 e. The summed E-state index contributed by atoms with van der Waals surface area (Å²) in [5, 5.41) is 0.523. The minimum atomic E-state index is -0.259. The maximum absolute atomic E-state index is 12.4. The van der Waals surface area contributed by atoms with Gasteiger partial charge in [-0.25, -0.2) is 4.98 Å². The monoisotopic (exact) mass is 320 g/mol. The Morgan fingerprint density at radius 1 is 1.20 bits per heavy atom. The van der Waals surface area contributed by atoms with Crippen LogP contribution in [0.25, 0.3) is 0 Å². The molecule has 0 aliphatic heterocycles. The Kier molecular flexibility index (Phi) is 7.84. The zero-order valence-corrected chi connectivity index (χ0v) is 13.1. The summed E-state index contributed by atoms with van der Waals surface area (Å²) >= 11 is 11.8. The van der Waals surface area contributed by atoms with Crippen LogP contribution < -0.4 is 0 Å². The number of pyridine rings is 1. The molecule has 0 aliphatic carbocycles. The molecule has 0 atom stereocenters. The van der Waals surface area contributed by atoms with Gasteiger partial charge in [0.15, 0.2) is 0 Å². The molecule has 20 heavy (non-hydrogen) atoms. The van der Waals surface area contributed by atoms with E-state index in [4.69, 9.17) is 32.7 Å². The van der Waals surface area contributed by atoms with E-state index in [1.165, 1.54) is 0 Å². The van der Waals surface area contributed by atoms with Crippen LogP contribution in [-0.4, -0.2) is 56.3 Å². The highest BCUT2D eigenvalue weighted by Gasteiger charge is 2.20. The largest absolute Gasteiger partial charge is 0.385 e. The van der Waals surface area contributed by atoms with Crippen molar-refractivity contribution in [1.29, 1.82) is 0 Å². The number of rotatable bonds is 8. The molecule has 1 aromatic rings. The van der Waals surface area contributed by atoms with E-state index in [0.29, 0.717) is 26.3 Å². The maximum atomic E-state index is 12.4. The summed E-state index contributed by atoms with van der Waals surface area (Å²) < 4.78 is 10.0. The van der Waals surface area contributed by atoms with Crippen molar-refractivity contribution in [1.82, 2.24) is 9.88 Å². The van der Waals surface area contributed by atoms with E-state index in [1.54, 1.807) is 31.3 Å². The van der Waals surface area contributed by atoms with Crippen LogP contribution in [0.1, 0.15) is 16.9 Å². The second-order valence-corrected chi connectivity index (χ2v) is 4.89. The molecule has 1 rings (SSSR count). The van der Waals surface area contributed by atoms with Gasteiger partial charge in [0.1, 0.15) is 10.8 Å². The Morgan fingerprint density at radius 3 is 2.55 bits per heavy atom. The lowest BCUT2D eigenvalue weighted by Gasteiger charge is -2.22. The standard InChI is InChI=1S/C13H18Cl2N2O3/c1-19-8-3-6-17(7-9-20-2)13(18)12-10(14)4-5-11(15)16-12/h4-5H,3,6-9H2,1-2H3. The number of amides is 1. The summed E-state index contributed by atoms with van der Waals surface area (Å²) in [6.07, 6.45) is 0.726. The highest BCUT2D eigenvalue weighted by molar-refractivity contribution is 6.34. The summed E-state index contributed by atoms with van der Waals surface area (Å²) in [6, 6.07) is 3.11. The Balaban J connectivity index is 2.82. The molecule has 0 saturated carbocycles. The third-order valence-corrected chi connectivity index (χ3v) is 3.16. The molecule has 0 radical (unpaired) electrons. The zero-order chi connectivity index (χ0) is 15.0. The average molecular weight is 321 g/mol.